The van der Waals surface area contributed by atoms with Gasteiger partial charge in [0.15, 0.2) is 0 Å². The van der Waals surface area contributed by atoms with Gasteiger partial charge < -0.3 is 9.84 Å². The Morgan fingerprint density at radius 1 is 0.960 bits per heavy atom. The number of rotatable bonds is 1. The van der Waals surface area contributed by atoms with Crippen molar-refractivity contribution in [2.45, 2.75) is 58.8 Å². The number of methoxy groups -OCH3 is 1. The van der Waals surface area contributed by atoms with Crippen LogP contribution in [0.2, 0.25) is 0 Å². The van der Waals surface area contributed by atoms with Crippen LogP contribution in [-0.2, 0) is 32.5 Å². The van der Waals surface area contributed by atoms with Gasteiger partial charge in [0.2, 0.25) is 0 Å². The van der Waals surface area contributed by atoms with Crippen molar-refractivity contribution in [1.82, 2.24) is 0 Å². The van der Waals surface area contributed by atoms with E-state index in [2.05, 4.69) is 53.7 Å². The third kappa shape index (κ3) is 9.82. The van der Waals surface area contributed by atoms with Crippen LogP contribution in [0.4, 0.5) is 0 Å². The van der Waals surface area contributed by atoms with Crippen molar-refractivity contribution >= 4 is 48.0 Å². The number of benzene rings is 1. The van der Waals surface area contributed by atoms with Crippen molar-refractivity contribution in [3.05, 3.63) is 47.6 Å². The first-order valence-electron chi connectivity index (χ1n) is 7.71. The number of hydrogen-bond acceptors (Lipinski definition) is 2. The topological polar surface area (TPSA) is 29.5 Å². The molecule has 142 valence electrons. The molecule has 0 saturated carbocycles. The molecule has 0 saturated heterocycles. The van der Waals surface area contributed by atoms with Crippen LogP contribution in [0.1, 0.15) is 59.1 Å². The summed E-state index contributed by atoms with van der Waals surface area (Å²) in [6.45, 7) is 12.5. The van der Waals surface area contributed by atoms with Gasteiger partial charge in [-0.25, -0.2) is 12.2 Å². The maximum atomic E-state index is 10.4. The molecule has 0 fully saturated rings. The standard InChI is InChI=1S/C15H24O2.C5H5.2HI.Ti/c1-14(2,3)11-8-10(17-7)9-12(13(11)16)15(4,5)6;1-2-4-5-3-1;;;/h8-9,16H,1-7H3;1-3H,4H2;2*1H;/q;-1;;;. The maximum absolute atomic E-state index is 10.4. The molecule has 1 aliphatic rings. The van der Waals surface area contributed by atoms with E-state index < -0.39 is 0 Å². The van der Waals surface area contributed by atoms with Gasteiger partial charge >= 0.3 is 0 Å². The first kappa shape index (κ1) is 30.2. The first-order chi connectivity index (χ1) is 10.1. The Balaban J connectivity index is -0.000000522. The van der Waals surface area contributed by atoms with Crippen LogP contribution < -0.4 is 4.74 Å². The molecule has 1 aromatic rings. The number of allylic oxidation sites excluding steroid dienone is 4. The van der Waals surface area contributed by atoms with Gasteiger partial charge in [0.1, 0.15) is 11.5 Å². The normalized spacial score (nSPS) is 12.1. The molecular weight excluding hydrogens is 574 g/mol. The molecule has 1 aromatic carbocycles. The molecule has 2 nitrogen and oxygen atoms in total. The molecule has 0 spiro atoms. The number of halogens is 2. The zero-order chi connectivity index (χ0) is 17.0. The number of hydrogen-bond donors (Lipinski definition) is 1. The van der Waals surface area contributed by atoms with Gasteiger partial charge in [0, 0.05) is 32.8 Å². The number of phenols is 1. The van der Waals surface area contributed by atoms with Crippen molar-refractivity contribution in [2.24, 2.45) is 0 Å². The minimum Gasteiger partial charge on any atom is -0.507 e. The summed E-state index contributed by atoms with van der Waals surface area (Å²) in [6, 6.07) is 3.84. The summed E-state index contributed by atoms with van der Waals surface area (Å²) >= 11 is 0. The van der Waals surface area contributed by atoms with Gasteiger partial charge in [-0.2, -0.15) is 6.08 Å². The quantitative estimate of drug-likeness (QED) is 0.224. The Morgan fingerprint density at radius 2 is 1.40 bits per heavy atom. The van der Waals surface area contributed by atoms with Crippen LogP contribution in [0.15, 0.2) is 30.4 Å². The molecule has 0 unspecified atom stereocenters. The minimum atomic E-state index is -0.0986. The molecule has 5 heteroatoms. The van der Waals surface area contributed by atoms with Crippen LogP contribution in [0.5, 0.6) is 11.5 Å². The molecular formula is C20H31I2O2Ti-. The maximum Gasteiger partial charge on any atom is 0.123 e. The zero-order valence-electron chi connectivity index (χ0n) is 16.3. The molecule has 1 aliphatic carbocycles. The molecule has 25 heavy (non-hydrogen) atoms. The van der Waals surface area contributed by atoms with Crippen molar-refractivity contribution in [3.63, 3.8) is 0 Å². The Labute approximate surface area is 202 Å². The SMILES string of the molecule is COc1cc(C(C)(C)C)c(O)c(C(C)(C)C)c1.I.I.[C-]1=CC=CC1.[Ti]. The predicted molar refractivity (Wildman–Crippen MR) is 124 cm³/mol. The molecule has 0 aliphatic heterocycles. The van der Waals surface area contributed by atoms with E-state index in [1.165, 1.54) is 0 Å². The second kappa shape index (κ2) is 12.8. The first-order valence-corrected chi connectivity index (χ1v) is 7.71. The van der Waals surface area contributed by atoms with Crippen LogP contribution in [0.25, 0.3) is 0 Å². The fourth-order valence-corrected chi connectivity index (χ4v) is 2.21. The van der Waals surface area contributed by atoms with Crippen molar-refractivity contribution < 1.29 is 31.6 Å². The average molecular weight is 605 g/mol. The Kier molecular flexibility index (Phi) is 15.5. The molecule has 0 radical (unpaired) electrons. The summed E-state index contributed by atoms with van der Waals surface area (Å²) in [5.74, 6) is 1.20. The van der Waals surface area contributed by atoms with E-state index in [-0.39, 0.29) is 80.5 Å². The third-order valence-electron chi connectivity index (χ3n) is 3.52. The van der Waals surface area contributed by atoms with Gasteiger partial charge in [0.25, 0.3) is 0 Å². The smallest absolute Gasteiger partial charge is 0.123 e. The number of phenolic OH excluding ortho intramolecular Hbond substituents is 1. The molecule has 0 atom stereocenters. The summed E-state index contributed by atoms with van der Waals surface area (Å²) in [5, 5.41) is 10.4. The van der Waals surface area contributed by atoms with Gasteiger partial charge in [0.05, 0.1) is 7.11 Å². The minimum absolute atomic E-state index is 0. The van der Waals surface area contributed by atoms with Crippen LogP contribution in [0.3, 0.4) is 0 Å². The summed E-state index contributed by atoms with van der Waals surface area (Å²) in [4.78, 5) is 0. The van der Waals surface area contributed by atoms with E-state index in [1.54, 1.807) is 7.11 Å². The molecule has 0 aromatic heterocycles. The van der Waals surface area contributed by atoms with Crippen LogP contribution in [0, 0.1) is 6.08 Å². The summed E-state index contributed by atoms with van der Waals surface area (Å²) in [6.07, 6.45) is 10.0. The predicted octanol–water partition coefficient (Wildman–Crippen LogP) is 6.53. The van der Waals surface area contributed by atoms with E-state index >= 15 is 0 Å². The summed E-state index contributed by atoms with van der Waals surface area (Å²) in [5.41, 5.74) is 1.67. The van der Waals surface area contributed by atoms with Gasteiger partial charge in [-0.15, -0.1) is 54.4 Å². The Morgan fingerprint density at radius 3 is 1.60 bits per heavy atom. The zero-order valence-corrected chi connectivity index (χ0v) is 22.5. The fourth-order valence-electron chi connectivity index (χ4n) is 2.21. The molecule has 1 N–H and O–H groups in total. The van der Waals surface area contributed by atoms with Crippen molar-refractivity contribution in [3.8, 4) is 11.5 Å². The van der Waals surface area contributed by atoms with Crippen molar-refractivity contribution in [1.29, 1.82) is 0 Å². The largest absolute Gasteiger partial charge is 0.507 e. The fraction of sp³-hybridized carbons (Fsp3) is 0.500. The third-order valence-corrected chi connectivity index (χ3v) is 3.52. The molecule has 0 amide bonds. The van der Waals surface area contributed by atoms with Crippen molar-refractivity contribution in [2.75, 3.05) is 7.11 Å². The Bertz CT molecular complexity index is 523. The van der Waals surface area contributed by atoms with Gasteiger partial charge in [-0.3, -0.25) is 6.08 Å². The monoisotopic (exact) mass is 605 g/mol. The Hall–Kier alpha value is 0.474. The number of aromatic hydroxyl groups is 1. The average Bonchev–Trinajstić information content (AvgIpc) is 2.95. The molecule has 0 bridgehead atoms. The van der Waals surface area contributed by atoms with E-state index in [1.807, 2.05) is 24.3 Å². The molecule has 0 heterocycles. The van der Waals surface area contributed by atoms with E-state index in [0.717, 1.165) is 23.3 Å². The second-order valence-electron chi connectivity index (χ2n) is 7.57. The van der Waals surface area contributed by atoms with Crippen LogP contribution >= 0.6 is 48.0 Å². The van der Waals surface area contributed by atoms with Gasteiger partial charge in [-0.1, -0.05) is 41.5 Å². The van der Waals surface area contributed by atoms with E-state index in [9.17, 15) is 5.11 Å². The van der Waals surface area contributed by atoms with Gasteiger partial charge in [-0.05, 0) is 23.0 Å². The molecule has 2 rings (SSSR count). The van der Waals surface area contributed by atoms with E-state index in [4.69, 9.17) is 4.74 Å². The summed E-state index contributed by atoms with van der Waals surface area (Å²) in [7, 11) is 1.66. The number of ether oxygens (including phenoxy) is 1. The second-order valence-corrected chi connectivity index (χ2v) is 7.57. The summed E-state index contributed by atoms with van der Waals surface area (Å²) < 4.78 is 5.33. The van der Waals surface area contributed by atoms with Crippen LogP contribution in [-0.4, -0.2) is 12.2 Å². The van der Waals surface area contributed by atoms with E-state index in [0.29, 0.717) is 5.75 Å².